The minimum Gasteiger partial charge on any atom is -0.444 e. The molecule has 0 aliphatic rings. The van der Waals surface area contributed by atoms with E-state index >= 15 is 0 Å². The van der Waals surface area contributed by atoms with Gasteiger partial charge in [0.25, 0.3) is 0 Å². The van der Waals surface area contributed by atoms with Crippen molar-refractivity contribution in [1.29, 1.82) is 0 Å². The molecule has 3 aromatic rings. The van der Waals surface area contributed by atoms with E-state index in [1.54, 1.807) is 37.6 Å². The Bertz CT molecular complexity index is 995. The lowest BCUT2D eigenvalue weighted by atomic mass is 10.2. The number of oxazole rings is 1. The van der Waals surface area contributed by atoms with Gasteiger partial charge in [-0.2, -0.15) is 8.78 Å². The van der Waals surface area contributed by atoms with Crippen LogP contribution in [0, 0.1) is 5.82 Å². The molecule has 172 valence electrons. The van der Waals surface area contributed by atoms with Crippen LogP contribution in [0.3, 0.4) is 0 Å². The first-order valence-electron chi connectivity index (χ1n) is 9.60. The summed E-state index contributed by atoms with van der Waals surface area (Å²) in [7, 11) is 3.56. The number of ether oxygens (including phenoxy) is 1. The predicted molar refractivity (Wildman–Crippen MR) is 127 cm³/mol. The summed E-state index contributed by atoms with van der Waals surface area (Å²) in [5.74, 6) is 0.926. The number of rotatable bonds is 8. The van der Waals surface area contributed by atoms with Crippen LogP contribution in [0.2, 0.25) is 0 Å². The Hall–Kier alpha value is -2.76. The fourth-order valence-electron chi connectivity index (χ4n) is 2.96. The zero-order valence-corrected chi connectivity index (χ0v) is 19.9. The van der Waals surface area contributed by atoms with Crippen molar-refractivity contribution in [3.05, 3.63) is 71.9 Å². The lowest BCUT2D eigenvalue weighted by Gasteiger charge is -2.22. The maximum absolute atomic E-state index is 13.0. The van der Waals surface area contributed by atoms with Crippen LogP contribution in [0.5, 0.6) is 5.75 Å². The van der Waals surface area contributed by atoms with E-state index in [0.717, 1.165) is 11.3 Å². The summed E-state index contributed by atoms with van der Waals surface area (Å²) in [5, 5.41) is 3.25. The zero-order valence-electron chi connectivity index (χ0n) is 17.6. The molecular formula is C22H24F3IN4O2. The molecular weight excluding hydrogens is 536 g/mol. The van der Waals surface area contributed by atoms with Gasteiger partial charge < -0.3 is 19.4 Å². The van der Waals surface area contributed by atoms with E-state index in [1.807, 2.05) is 11.9 Å². The first-order valence-corrected chi connectivity index (χ1v) is 9.60. The van der Waals surface area contributed by atoms with Crippen molar-refractivity contribution in [1.82, 2.24) is 15.2 Å². The molecule has 2 aromatic carbocycles. The van der Waals surface area contributed by atoms with Gasteiger partial charge >= 0.3 is 6.61 Å². The molecule has 1 aromatic heterocycles. The lowest BCUT2D eigenvalue weighted by Crippen LogP contribution is -2.39. The Morgan fingerprint density at radius 3 is 2.47 bits per heavy atom. The maximum Gasteiger partial charge on any atom is 0.387 e. The van der Waals surface area contributed by atoms with Crippen molar-refractivity contribution in [2.75, 3.05) is 20.6 Å². The highest BCUT2D eigenvalue weighted by Crippen LogP contribution is 2.19. The van der Waals surface area contributed by atoms with Crippen molar-refractivity contribution in [3.63, 3.8) is 0 Å². The van der Waals surface area contributed by atoms with Crippen LogP contribution in [0.1, 0.15) is 11.3 Å². The van der Waals surface area contributed by atoms with Crippen LogP contribution in [-0.2, 0) is 13.0 Å². The number of nitrogens with one attached hydrogen (secondary N) is 1. The summed E-state index contributed by atoms with van der Waals surface area (Å²) in [4.78, 5) is 10.6. The van der Waals surface area contributed by atoms with Gasteiger partial charge in [0.1, 0.15) is 17.8 Å². The van der Waals surface area contributed by atoms with E-state index in [4.69, 9.17) is 4.42 Å². The number of halogens is 4. The third-order valence-electron chi connectivity index (χ3n) is 4.45. The summed E-state index contributed by atoms with van der Waals surface area (Å²) in [6, 6.07) is 12.4. The van der Waals surface area contributed by atoms with E-state index in [1.165, 1.54) is 24.3 Å². The molecule has 0 saturated carbocycles. The molecule has 3 rings (SSSR count). The summed E-state index contributed by atoms with van der Waals surface area (Å²) < 4.78 is 47.4. The Balaban J connectivity index is 0.00000363. The largest absolute Gasteiger partial charge is 0.444 e. The average Bonchev–Trinajstić information content (AvgIpc) is 3.21. The quantitative estimate of drug-likeness (QED) is 0.240. The summed E-state index contributed by atoms with van der Waals surface area (Å²) in [6.07, 6.45) is 2.19. The first-order chi connectivity index (χ1) is 14.9. The number of hydrogen-bond acceptors (Lipinski definition) is 4. The van der Waals surface area contributed by atoms with Gasteiger partial charge in [0.05, 0.1) is 5.69 Å². The van der Waals surface area contributed by atoms with Crippen molar-refractivity contribution >= 4 is 29.9 Å². The summed E-state index contributed by atoms with van der Waals surface area (Å²) in [5.41, 5.74) is 2.40. The Morgan fingerprint density at radius 2 is 1.84 bits per heavy atom. The molecule has 0 fully saturated rings. The monoisotopic (exact) mass is 560 g/mol. The lowest BCUT2D eigenvalue weighted by molar-refractivity contribution is -0.0498. The van der Waals surface area contributed by atoms with Crippen LogP contribution in [-0.4, -0.2) is 43.1 Å². The van der Waals surface area contributed by atoms with Gasteiger partial charge in [0.2, 0.25) is 5.89 Å². The molecule has 1 N–H and O–H groups in total. The Morgan fingerprint density at radius 1 is 1.16 bits per heavy atom. The minimum absolute atomic E-state index is 0. The van der Waals surface area contributed by atoms with E-state index in [9.17, 15) is 13.2 Å². The molecule has 10 heteroatoms. The SMILES string of the molecule is CN=C(NCCc1coc(-c2ccc(F)cc2)n1)N(C)Cc1ccc(OC(F)F)cc1.I. The van der Waals surface area contributed by atoms with Crippen molar-refractivity contribution in [2.45, 2.75) is 19.6 Å². The molecule has 0 saturated heterocycles. The number of benzene rings is 2. The topological polar surface area (TPSA) is 62.9 Å². The molecule has 32 heavy (non-hydrogen) atoms. The number of hydrogen-bond donors (Lipinski definition) is 1. The molecule has 0 radical (unpaired) electrons. The van der Waals surface area contributed by atoms with Crippen LogP contribution in [0.15, 0.2) is 64.2 Å². The van der Waals surface area contributed by atoms with Gasteiger partial charge in [-0.05, 0) is 42.0 Å². The van der Waals surface area contributed by atoms with E-state index in [-0.39, 0.29) is 35.5 Å². The second kappa shape index (κ2) is 12.3. The number of nitrogens with zero attached hydrogens (tertiary/aromatic N) is 3. The Labute approximate surface area is 201 Å². The van der Waals surface area contributed by atoms with Crippen LogP contribution in [0.25, 0.3) is 11.5 Å². The molecule has 0 aliphatic carbocycles. The minimum atomic E-state index is -2.84. The zero-order chi connectivity index (χ0) is 22.2. The fraction of sp³-hybridized carbons (Fsp3) is 0.273. The van der Waals surface area contributed by atoms with Crippen LogP contribution < -0.4 is 10.1 Å². The van der Waals surface area contributed by atoms with Crippen molar-refractivity contribution in [2.24, 2.45) is 4.99 Å². The van der Waals surface area contributed by atoms with Gasteiger partial charge in [-0.25, -0.2) is 9.37 Å². The van der Waals surface area contributed by atoms with Gasteiger partial charge in [-0.3, -0.25) is 4.99 Å². The molecule has 0 spiro atoms. The molecule has 1 heterocycles. The van der Waals surface area contributed by atoms with Crippen LogP contribution >= 0.6 is 24.0 Å². The Kier molecular flexibility index (Phi) is 9.82. The van der Waals surface area contributed by atoms with Gasteiger partial charge in [0.15, 0.2) is 5.96 Å². The number of aromatic nitrogens is 1. The van der Waals surface area contributed by atoms with Crippen LogP contribution in [0.4, 0.5) is 13.2 Å². The smallest absolute Gasteiger partial charge is 0.387 e. The number of alkyl halides is 2. The third-order valence-corrected chi connectivity index (χ3v) is 4.45. The van der Waals surface area contributed by atoms with Gasteiger partial charge in [-0.15, -0.1) is 24.0 Å². The molecule has 0 atom stereocenters. The first kappa shape index (κ1) is 25.5. The molecule has 6 nitrogen and oxygen atoms in total. The van der Waals surface area contributed by atoms with Crippen molar-refractivity contribution in [3.8, 4) is 17.2 Å². The highest BCUT2D eigenvalue weighted by molar-refractivity contribution is 14.0. The third kappa shape index (κ3) is 7.43. The predicted octanol–water partition coefficient (Wildman–Crippen LogP) is 4.95. The van der Waals surface area contributed by atoms with E-state index < -0.39 is 6.61 Å². The van der Waals surface area contributed by atoms with Gasteiger partial charge in [-0.1, -0.05) is 12.1 Å². The van der Waals surface area contributed by atoms with E-state index in [2.05, 4.69) is 20.0 Å². The second-order valence-electron chi connectivity index (χ2n) is 6.75. The highest BCUT2D eigenvalue weighted by atomic mass is 127. The van der Waals surface area contributed by atoms with Gasteiger partial charge in [0, 0.05) is 39.2 Å². The maximum atomic E-state index is 13.0. The van der Waals surface area contributed by atoms with E-state index in [0.29, 0.717) is 36.9 Å². The van der Waals surface area contributed by atoms with Crippen molar-refractivity contribution < 1.29 is 22.3 Å². The fourth-order valence-corrected chi connectivity index (χ4v) is 2.96. The molecule has 0 amide bonds. The summed E-state index contributed by atoms with van der Waals surface area (Å²) in [6.45, 7) is -1.73. The second-order valence-corrected chi connectivity index (χ2v) is 6.75. The number of guanidine groups is 1. The highest BCUT2D eigenvalue weighted by Gasteiger charge is 2.10. The summed E-state index contributed by atoms with van der Waals surface area (Å²) >= 11 is 0. The molecule has 0 bridgehead atoms. The average molecular weight is 560 g/mol. The normalized spacial score (nSPS) is 11.2. The standard InChI is InChI=1S/C22H23F3N4O2.HI/c1-26-22(29(2)13-15-3-9-19(10-4-15)31-21(24)25)27-12-11-18-14-30-20(28-18)16-5-7-17(23)8-6-16;/h3-10,14,21H,11-13H2,1-2H3,(H,26,27);1H. The molecule has 0 aliphatic heterocycles. The number of aliphatic imine (C=N–C) groups is 1. The molecule has 0 unspecified atom stereocenters.